The molecule has 3 nitrogen and oxygen atoms in total. The number of carbonyl (C=O) groups is 1. The van der Waals surface area contributed by atoms with Crippen LogP contribution in [0.15, 0.2) is 36.4 Å². The number of hydrogen-bond acceptors (Lipinski definition) is 2. The molecule has 3 rings (SSSR count). The second-order valence-corrected chi connectivity index (χ2v) is 7.13. The molecule has 1 aromatic rings. The maximum Gasteiger partial charge on any atom is 0.254 e. The Balaban J connectivity index is 1.59. The maximum atomic E-state index is 12.8. The van der Waals surface area contributed by atoms with E-state index < -0.39 is 0 Å². The Morgan fingerprint density at radius 1 is 1.12 bits per heavy atom. The first kappa shape index (κ1) is 17.2. The van der Waals surface area contributed by atoms with Gasteiger partial charge in [0.05, 0.1) is 6.04 Å². The van der Waals surface area contributed by atoms with Gasteiger partial charge >= 0.3 is 0 Å². The molecule has 0 aromatic heterocycles. The standard InChI is InChI=1S/C21H30N2O/c1-2-3-8-20-9-7-16-23(20)21(24)19-12-10-18(11-13-19)17-22-14-5-4-6-15-22/h7,9-13,20H,2-6,8,14-17H2,1H3. The van der Waals surface area contributed by atoms with Crippen molar-refractivity contribution in [3.8, 4) is 0 Å². The van der Waals surface area contributed by atoms with E-state index in [1.54, 1.807) is 0 Å². The average Bonchev–Trinajstić information content (AvgIpc) is 3.09. The van der Waals surface area contributed by atoms with Crippen LogP contribution >= 0.6 is 0 Å². The Hall–Kier alpha value is -1.61. The molecule has 1 aromatic carbocycles. The number of amides is 1. The minimum Gasteiger partial charge on any atom is -0.328 e. The normalized spacial score (nSPS) is 21.4. The van der Waals surface area contributed by atoms with E-state index in [1.165, 1.54) is 50.8 Å². The number of rotatable bonds is 6. The molecule has 1 atom stereocenters. The van der Waals surface area contributed by atoms with E-state index in [-0.39, 0.29) is 11.9 Å². The molecule has 1 amide bonds. The lowest BCUT2D eigenvalue weighted by molar-refractivity contribution is 0.0743. The smallest absolute Gasteiger partial charge is 0.254 e. The zero-order chi connectivity index (χ0) is 16.8. The van der Waals surface area contributed by atoms with Crippen molar-refractivity contribution in [3.05, 3.63) is 47.5 Å². The van der Waals surface area contributed by atoms with Crippen molar-refractivity contribution in [1.82, 2.24) is 9.80 Å². The lowest BCUT2D eigenvalue weighted by Crippen LogP contribution is -2.36. The Morgan fingerprint density at radius 3 is 2.58 bits per heavy atom. The van der Waals surface area contributed by atoms with Gasteiger partial charge in [-0.3, -0.25) is 9.69 Å². The van der Waals surface area contributed by atoms with Gasteiger partial charge in [0.15, 0.2) is 0 Å². The molecular weight excluding hydrogens is 296 g/mol. The SMILES string of the molecule is CCCCC1C=CCN1C(=O)c1ccc(CN2CCCCC2)cc1. The fourth-order valence-corrected chi connectivity index (χ4v) is 3.76. The Morgan fingerprint density at radius 2 is 1.88 bits per heavy atom. The second kappa shape index (κ2) is 8.48. The molecule has 0 radical (unpaired) electrons. The van der Waals surface area contributed by atoms with Gasteiger partial charge in [0.25, 0.3) is 5.91 Å². The monoisotopic (exact) mass is 326 g/mol. The van der Waals surface area contributed by atoms with Gasteiger partial charge in [0.1, 0.15) is 0 Å². The summed E-state index contributed by atoms with van der Waals surface area (Å²) in [5.74, 6) is 0.172. The zero-order valence-electron chi connectivity index (χ0n) is 14.9. The number of likely N-dealkylation sites (tertiary alicyclic amines) is 1. The highest BCUT2D eigenvalue weighted by Crippen LogP contribution is 2.20. The summed E-state index contributed by atoms with van der Waals surface area (Å²) in [6.07, 6.45) is 11.8. The number of carbonyl (C=O) groups excluding carboxylic acids is 1. The molecule has 3 heteroatoms. The molecule has 1 fully saturated rings. The molecule has 2 aliphatic heterocycles. The fourth-order valence-electron chi connectivity index (χ4n) is 3.76. The first-order chi connectivity index (χ1) is 11.8. The van der Waals surface area contributed by atoms with E-state index in [2.05, 4.69) is 36.1 Å². The van der Waals surface area contributed by atoms with Crippen molar-refractivity contribution in [3.63, 3.8) is 0 Å². The first-order valence-electron chi connectivity index (χ1n) is 9.57. The van der Waals surface area contributed by atoms with Crippen LogP contribution < -0.4 is 0 Å². The molecule has 0 saturated carbocycles. The van der Waals surface area contributed by atoms with Crippen LogP contribution in [0.5, 0.6) is 0 Å². The Labute approximate surface area is 146 Å². The quantitative estimate of drug-likeness (QED) is 0.730. The van der Waals surface area contributed by atoms with Crippen molar-refractivity contribution in [2.45, 2.75) is 58.0 Å². The number of unbranched alkanes of at least 4 members (excludes halogenated alkanes) is 1. The number of nitrogens with zero attached hydrogens (tertiary/aromatic N) is 2. The highest BCUT2D eigenvalue weighted by Gasteiger charge is 2.25. The number of piperidine rings is 1. The minimum absolute atomic E-state index is 0.172. The van der Waals surface area contributed by atoms with Gasteiger partial charge in [0, 0.05) is 18.7 Å². The van der Waals surface area contributed by atoms with Crippen LogP contribution in [0.2, 0.25) is 0 Å². The van der Waals surface area contributed by atoms with Gasteiger partial charge in [-0.05, 0) is 50.0 Å². The summed E-state index contributed by atoms with van der Waals surface area (Å²) >= 11 is 0. The summed E-state index contributed by atoms with van der Waals surface area (Å²) in [5.41, 5.74) is 2.14. The van der Waals surface area contributed by atoms with Crippen molar-refractivity contribution < 1.29 is 4.79 Å². The molecule has 0 aliphatic carbocycles. The molecule has 0 spiro atoms. The van der Waals surface area contributed by atoms with Crippen LogP contribution in [0.1, 0.15) is 61.4 Å². The summed E-state index contributed by atoms with van der Waals surface area (Å²) in [4.78, 5) is 17.3. The van der Waals surface area contributed by atoms with Crippen molar-refractivity contribution in [2.75, 3.05) is 19.6 Å². The van der Waals surface area contributed by atoms with Crippen LogP contribution in [-0.2, 0) is 6.54 Å². The number of hydrogen-bond donors (Lipinski definition) is 0. The highest BCUT2D eigenvalue weighted by atomic mass is 16.2. The van der Waals surface area contributed by atoms with Gasteiger partial charge in [-0.1, -0.05) is 50.5 Å². The van der Waals surface area contributed by atoms with Gasteiger partial charge in [-0.25, -0.2) is 0 Å². The molecule has 0 N–H and O–H groups in total. The van der Waals surface area contributed by atoms with Gasteiger partial charge in [-0.2, -0.15) is 0 Å². The lowest BCUT2D eigenvalue weighted by Gasteiger charge is -2.27. The van der Waals surface area contributed by atoms with E-state index in [0.29, 0.717) is 0 Å². The zero-order valence-corrected chi connectivity index (χ0v) is 14.9. The van der Waals surface area contributed by atoms with Crippen molar-refractivity contribution in [2.24, 2.45) is 0 Å². The Kier molecular flexibility index (Phi) is 6.08. The van der Waals surface area contributed by atoms with Gasteiger partial charge < -0.3 is 4.90 Å². The topological polar surface area (TPSA) is 23.6 Å². The predicted molar refractivity (Wildman–Crippen MR) is 99.1 cm³/mol. The molecule has 1 saturated heterocycles. The van der Waals surface area contributed by atoms with Crippen LogP contribution in [-0.4, -0.2) is 41.4 Å². The third kappa shape index (κ3) is 4.27. The summed E-state index contributed by atoms with van der Waals surface area (Å²) in [6, 6.07) is 8.57. The maximum absolute atomic E-state index is 12.8. The molecule has 2 aliphatic rings. The van der Waals surface area contributed by atoms with Gasteiger partial charge in [-0.15, -0.1) is 0 Å². The molecule has 24 heavy (non-hydrogen) atoms. The second-order valence-electron chi connectivity index (χ2n) is 7.13. The average molecular weight is 326 g/mol. The summed E-state index contributed by atoms with van der Waals surface area (Å²) in [7, 11) is 0. The van der Waals surface area contributed by atoms with Crippen LogP contribution in [0.25, 0.3) is 0 Å². The highest BCUT2D eigenvalue weighted by molar-refractivity contribution is 5.95. The van der Waals surface area contributed by atoms with E-state index in [0.717, 1.165) is 25.1 Å². The largest absolute Gasteiger partial charge is 0.328 e. The predicted octanol–water partition coefficient (Wildman–Crippen LogP) is 4.24. The van der Waals surface area contributed by atoms with E-state index in [9.17, 15) is 4.79 Å². The van der Waals surface area contributed by atoms with Crippen molar-refractivity contribution in [1.29, 1.82) is 0 Å². The number of benzene rings is 1. The molecule has 0 bridgehead atoms. The lowest BCUT2D eigenvalue weighted by atomic mass is 10.1. The third-order valence-corrected chi connectivity index (χ3v) is 5.23. The summed E-state index contributed by atoms with van der Waals surface area (Å²) < 4.78 is 0. The van der Waals surface area contributed by atoms with E-state index in [1.807, 2.05) is 17.0 Å². The van der Waals surface area contributed by atoms with Gasteiger partial charge in [0.2, 0.25) is 0 Å². The first-order valence-corrected chi connectivity index (χ1v) is 9.57. The molecule has 1 unspecified atom stereocenters. The minimum atomic E-state index is 0.172. The molecular formula is C21H30N2O. The summed E-state index contributed by atoms with van der Waals surface area (Å²) in [5, 5.41) is 0. The van der Waals surface area contributed by atoms with E-state index in [4.69, 9.17) is 0 Å². The molecule has 130 valence electrons. The fraction of sp³-hybridized carbons (Fsp3) is 0.571. The van der Waals surface area contributed by atoms with Crippen molar-refractivity contribution >= 4 is 5.91 Å². The third-order valence-electron chi connectivity index (χ3n) is 5.23. The Bertz CT molecular complexity index is 558. The molecule has 2 heterocycles. The van der Waals surface area contributed by atoms with Crippen LogP contribution in [0.3, 0.4) is 0 Å². The van der Waals surface area contributed by atoms with Crippen LogP contribution in [0.4, 0.5) is 0 Å². The van der Waals surface area contributed by atoms with E-state index >= 15 is 0 Å². The van der Waals surface area contributed by atoms with Crippen LogP contribution in [0, 0.1) is 0 Å². The summed E-state index contributed by atoms with van der Waals surface area (Å²) in [6.45, 7) is 6.38.